The van der Waals surface area contributed by atoms with Gasteiger partial charge >= 0.3 is 5.97 Å². The number of nitro benzene ring substituents is 1. The second-order valence-electron chi connectivity index (χ2n) is 5.26. The van der Waals surface area contributed by atoms with E-state index in [4.69, 9.17) is 5.26 Å². The van der Waals surface area contributed by atoms with Gasteiger partial charge in [-0.3, -0.25) is 10.1 Å². The van der Waals surface area contributed by atoms with E-state index in [-0.39, 0.29) is 11.3 Å². The highest BCUT2D eigenvalue weighted by Gasteiger charge is 2.41. The van der Waals surface area contributed by atoms with E-state index in [2.05, 4.69) is 0 Å². The third-order valence-corrected chi connectivity index (χ3v) is 3.96. The molecular weight excluding hydrogens is 274 g/mol. The minimum Gasteiger partial charge on any atom is -0.480 e. The van der Waals surface area contributed by atoms with Gasteiger partial charge in [0.25, 0.3) is 5.69 Å². The summed E-state index contributed by atoms with van der Waals surface area (Å²) in [5.41, 5.74) is -0.948. The molecule has 1 aliphatic rings. The van der Waals surface area contributed by atoms with Crippen LogP contribution in [0.15, 0.2) is 18.2 Å². The van der Waals surface area contributed by atoms with Gasteiger partial charge in [-0.1, -0.05) is 0 Å². The Morgan fingerprint density at radius 2 is 2.24 bits per heavy atom. The fourth-order valence-electron chi connectivity index (χ4n) is 2.69. The average Bonchev–Trinajstić information content (AvgIpc) is 2.47. The van der Waals surface area contributed by atoms with Gasteiger partial charge in [0, 0.05) is 18.3 Å². The molecule has 1 aliphatic heterocycles. The molecule has 0 bridgehead atoms. The summed E-state index contributed by atoms with van der Waals surface area (Å²) in [5, 5.41) is 29.4. The molecule has 1 N–H and O–H groups in total. The fourth-order valence-corrected chi connectivity index (χ4v) is 2.69. The minimum absolute atomic E-state index is 0.0298. The topological polar surface area (TPSA) is 107 Å². The molecule has 21 heavy (non-hydrogen) atoms. The summed E-state index contributed by atoms with van der Waals surface area (Å²) >= 11 is 0. The van der Waals surface area contributed by atoms with Crippen LogP contribution in [0.3, 0.4) is 0 Å². The standard InChI is InChI=1S/C14H15N3O4/c1-14(13(18)19)6-2-3-7-16(14)11-5-4-10(9-15)12(8-11)17(20)21/h4-5,8H,2-3,6-7H2,1H3,(H,18,19). The van der Waals surface area contributed by atoms with Crippen molar-refractivity contribution in [3.05, 3.63) is 33.9 Å². The van der Waals surface area contributed by atoms with Gasteiger partial charge in [0.1, 0.15) is 17.2 Å². The van der Waals surface area contributed by atoms with Gasteiger partial charge in [0.05, 0.1) is 4.92 Å². The van der Waals surface area contributed by atoms with Gasteiger partial charge < -0.3 is 10.0 Å². The van der Waals surface area contributed by atoms with Crippen molar-refractivity contribution in [3.8, 4) is 6.07 Å². The lowest BCUT2D eigenvalue weighted by Crippen LogP contribution is -2.55. The number of rotatable bonds is 3. The SMILES string of the molecule is CC1(C(=O)O)CCCCN1c1ccc(C#N)c([N+](=O)[O-])c1. The second kappa shape index (κ2) is 5.40. The number of nitrogens with zero attached hydrogens (tertiary/aromatic N) is 3. The molecule has 110 valence electrons. The Hall–Kier alpha value is -2.62. The van der Waals surface area contributed by atoms with Gasteiger partial charge in [0.2, 0.25) is 0 Å². The Morgan fingerprint density at radius 1 is 1.52 bits per heavy atom. The zero-order valence-corrected chi connectivity index (χ0v) is 11.6. The molecule has 1 aromatic rings. The number of anilines is 1. The third-order valence-electron chi connectivity index (χ3n) is 3.96. The number of nitro groups is 1. The predicted octanol–water partition coefficient (Wildman–Crippen LogP) is 2.30. The molecule has 1 heterocycles. The van der Waals surface area contributed by atoms with E-state index in [0.717, 1.165) is 12.8 Å². The van der Waals surface area contributed by atoms with Crippen LogP contribution < -0.4 is 4.90 Å². The molecule has 0 spiro atoms. The van der Waals surface area contributed by atoms with Crippen molar-refractivity contribution in [3.63, 3.8) is 0 Å². The first-order chi connectivity index (χ1) is 9.90. The predicted molar refractivity (Wildman–Crippen MR) is 75.0 cm³/mol. The Bertz CT molecular complexity index is 638. The molecule has 2 rings (SSSR count). The lowest BCUT2D eigenvalue weighted by Gasteiger charge is -2.43. The van der Waals surface area contributed by atoms with Crippen molar-refractivity contribution >= 4 is 17.3 Å². The van der Waals surface area contributed by atoms with E-state index >= 15 is 0 Å². The molecule has 0 radical (unpaired) electrons. The zero-order chi connectivity index (χ0) is 15.6. The minimum atomic E-state index is -1.08. The number of nitriles is 1. The quantitative estimate of drug-likeness (QED) is 0.675. The highest BCUT2D eigenvalue weighted by atomic mass is 16.6. The molecular formula is C14H15N3O4. The highest BCUT2D eigenvalue weighted by molar-refractivity contribution is 5.83. The van der Waals surface area contributed by atoms with E-state index in [9.17, 15) is 20.0 Å². The summed E-state index contributed by atoms with van der Waals surface area (Å²) in [7, 11) is 0. The summed E-state index contributed by atoms with van der Waals surface area (Å²) in [6, 6.07) is 5.99. The Labute approximate surface area is 121 Å². The van der Waals surface area contributed by atoms with Crippen LogP contribution in [0.2, 0.25) is 0 Å². The highest BCUT2D eigenvalue weighted by Crippen LogP contribution is 2.35. The molecule has 1 fully saturated rings. The lowest BCUT2D eigenvalue weighted by atomic mass is 9.87. The van der Waals surface area contributed by atoms with Crippen molar-refractivity contribution in [2.45, 2.75) is 31.7 Å². The molecule has 1 atom stereocenters. The summed E-state index contributed by atoms with van der Waals surface area (Å²) in [5.74, 6) is -0.950. The van der Waals surface area contributed by atoms with Crippen LogP contribution in [-0.4, -0.2) is 28.1 Å². The maximum absolute atomic E-state index is 11.6. The molecule has 0 saturated carbocycles. The van der Waals surface area contributed by atoms with E-state index in [1.807, 2.05) is 0 Å². The van der Waals surface area contributed by atoms with Crippen molar-refractivity contribution < 1.29 is 14.8 Å². The first-order valence-electron chi connectivity index (χ1n) is 6.60. The van der Waals surface area contributed by atoms with Gasteiger partial charge in [-0.15, -0.1) is 0 Å². The van der Waals surface area contributed by atoms with Gasteiger partial charge in [-0.05, 0) is 38.3 Å². The molecule has 1 aromatic carbocycles. The van der Waals surface area contributed by atoms with E-state index in [0.29, 0.717) is 18.7 Å². The van der Waals surface area contributed by atoms with Crippen LogP contribution in [0.1, 0.15) is 31.7 Å². The summed E-state index contributed by atoms with van der Waals surface area (Å²) in [6.07, 6.45) is 2.12. The smallest absolute Gasteiger partial charge is 0.329 e. The molecule has 0 amide bonds. The molecule has 7 heteroatoms. The number of hydrogen-bond donors (Lipinski definition) is 1. The molecule has 0 aliphatic carbocycles. The van der Waals surface area contributed by atoms with Crippen LogP contribution in [0.25, 0.3) is 0 Å². The number of carboxylic acid groups (broad SMARTS) is 1. The van der Waals surface area contributed by atoms with E-state index in [1.54, 1.807) is 24.0 Å². The number of aliphatic carboxylic acids is 1. The maximum atomic E-state index is 11.6. The Morgan fingerprint density at radius 3 is 2.81 bits per heavy atom. The van der Waals surface area contributed by atoms with E-state index in [1.165, 1.54) is 12.1 Å². The monoisotopic (exact) mass is 289 g/mol. The Kier molecular flexibility index (Phi) is 3.80. The largest absolute Gasteiger partial charge is 0.480 e. The first-order valence-corrected chi connectivity index (χ1v) is 6.60. The molecule has 1 unspecified atom stereocenters. The number of benzene rings is 1. The van der Waals surface area contributed by atoms with Crippen molar-refractivity contribution in [1.29, 1.82) is 5.26 Å². The average molecular weight is 289 g/mol. The van der Waals surface area contributed by atoms with Crippen LogP contribution in [0.5, 0.6) is 0 Å². The first kappa shape index (κ1) is 14.8. The van der Waals surface area contributed by atoms with Crippen molar-refractivity contribution in [1.82, 2.24) is 0 Å². The van der Waals surface area contributed by atoms with Crippen LogP contribution in [-0.2, 0) is 4.79 Å². The normalized spacial score (nSPS) is 21.6. The van der Waals surface area contributed by atoms with Crippen molar-refractivity contribution in [2.75, 3.05) is 11.4 Å². The number of piperidine rings is 1. The molecule has 0 aromatic heterocycles. The maximum Gasteiger partial charge on any atom is 0.329 e. The summed E-state index contributed by atoms with van der Waals surface area (Å²) in [6.45, 7) is 2.14. The fraction of sp³-hybridized carbons (Fsp3) is 0.429. The van der Waals surface area contributed by atoms with Gasteiger partial charge in [-0.25, -0.2) is 4.79 Å². The summed E-state index contributed by atoms with van der Waals surface area (Å²) in [4.78, 5) is 23.7. The zero-order valence-electron chi connectivity index (χ0n) is 11.6. The summed E-state index contributed by atoms with van der Waals surface area (Å²) < 4.78 is 0. The Balaban J connectivity index is 2.50. The number of carbonyl (C=O) groups is 1. The second-order valence-corrected chi connectivity index (χ2v) is 5.26. The van der Waals surface area contributed by atoms with Gasteiger partial charge in [-0.2, -0.15) is 5.26 Å². The van der Waals surface area contributed by atoms with Gasteiger partial charge in [0.15, 0.2) is 0 Å². The molecule has 7 nitrogen and oxygen atoms in total. The van der Waals surface area contributed by atoms with Crippen LogP contribution in [0.4, 0.5) is 11.4 Å². The molecule has 1 saturated heterocycles. The third kappa shape index (κ3) is 2.52. The lowest BCUT2D eigenvalue weighted by molar-refractivity contribution is -0.385. The number of carboxylic acids is 1. The van der Waals surface area contributed by atoms with Crippen molar-refractivity contribution in [2.24, 2.45) is 0 Å². The van der Waals surface area contributed by atoms with Crippen LogP contribution in [0, 0.1) is 21.4 Å². The van der Waals surface area contributed by atoms with E-state index < -0.39 is 16.4 Å². The number of hydrogen-bond acceptors (Lipinski definition) is 5. The van der Waals surface area contributed by atoms with Crippen LogP contribution >= 0.6 is 0 Å².